The highest BCUT2D eigenvalue weighted by Crippen LogP contribution is 2.43. The Labute approximate surface area is 254 Å². The zero-order valence-corrected chi connectivity index (χ0v) is 25.8. The molecule has 9 nitrogen and oxygen atoms in total. The Hall–Kier alpha value is -4.18. The number of imide groups is 1. The summed E-state index contributed by atoms with van der Waals surface area (Å²) in [5.74, 6) is 3.19. The molecule has 2 atom stereocenters. The fourth-order valence-electron chi connectivity index (χ4n) is 5.68. The molecule has 224 valence electrons. The number of aromatic nitrogens is 2. The van der Waals surface area contributed by atoms with Gasteiger partial charge in [-0.25, -0.2) is 4.98 Å². The van der Waals surface area contributed by atoms with Crippen LogP contribution in [0.15, 0.2) is 42.5 Å². The largest absolute Gasteiger partial charge is 0.507 e. The molecule has 2 aliphatic rings. The third kappa shape index (κ3) is 5.63. The van der Waals surface area contributed by atoms with Crippen LogP contribution >= 0.6 is 11.8 Å². The molecule has 0 saturated carbocycles. The first-order chi connectivity index (χ1) is 20.5. The van der Waals surface area contributed by atoms with Gasteiger partial charge in [0.25, 0.3) is 5.24 Å². The molecule has 1 fully saturated rings. The van der Waals surface area contributed by atoms with E-state index in [-0.39, 0.29) is 17.8 Å². The summed E-state index contributed by atoms with van der Waals surface area (Å²) >= 11 is 1.03. The second kappa shape index (κ2) is 11.1. The van der Waals surface area contributed by atoms with E-state index in [1.165, 1.54) is 0 Å². The lowest BCUT2D eigenvalue weighted by Gasteiger charge is -2.37. The van der Waals surface area contributed by atoms with Crippen LogP contribution in [-0.2, 0) is 31.3 Å². The number of fused-ring (bicyclic) bond motifs is 2. The van der Waals surface area contributed by atoms with E-state index in [9.17, 15) is 14.7 Å². The molecule has 6 rings (SSSR count). The summed E-state index contributed by atoms with van der Waals surface area (Å²) in [5, 5.41) is 12.1. The summed E-state index contributed by atoms with van der Waals surface area (Å²) in [5.41, 5.74) is 6.05. The fraction of sp³-hybridized carbons (Fsp3) is 0.364. The number of thioether (sulfide) groups is 1. The Kier molecular flexibility index (Phi) is 7.50. The van der Waals surface area contributed by atoms with Crippen molar-refractivity contribution in [2.45, 2.75) is 64.4 Å². The molecule has 0 radical (unpaired) electrons. The van der Waals surface area contributed by atoms with Gasteiger partial charge in [0.15, 0.2) is 0 Å². The van der Waals surface area contributed by atoms with E-state index >= 15 is 0 Å². The molecule has 2 aliphatic heterocycles. The van der Waals surface area contributed by atoms with Crippen molar-refractivity contribution in [1.82, 2.24) is 14.9 Å². The van der Waals surface area contributed by atoms with Gasteiger partial charge in [-0.2, -0.15) is 0 Å². The molecule has 2 N–H and O–H groups in total. The highest BCUT2D eigenvalue weighted by Gasteiger charge is 2.35. The lowest BCUT2D eigenvalue weighted by molar-refractivity contribution is -0.118. The smallest absolute Gasteiger partial charge is 0.286 e. The SMILES string of the molecule is Cc1c(C)c2c(c(C)c1O)CCC(C)(COc1ccc3nc(COc4ccc(CC5SC(=O)NC5=O)cc4)n(C)c3c1)O2. The zero-order chi connectivity index (χ0) is 30.5. The molecule has 43 heavy (non-hydrogen) atoms. The van der Waals surface area contributed by atoms with Crippen LogP contribution in [0.4, 0.5) is 4.79 Å². The van der Waals surface area contributed by atoms with Crippen molar-refractivity contribution in [2.75, 3.05) is 6.61 Å². The predicted octanol–water partition coefficient (Wildman–Crippen LogP) is 5.84. The number of benzene rings is 3. The van der Waals surface area contributed by atoms with Gasteiger partial charge in [-0.15, -0.1) is 0 Å². The normalized spacial score (nSPS) is 19.7. The van der Waals surface area contributed by atoms with Crippen LogP contribution < -0.4 is 19.5 Å². The van der Waals surface area contributed by atoms with Gasteiger partial charge in [0, 0.05) is 18.7 Å². The molecule has 4 aromatic rings. The van der Waals surface area contributed by atoms with Crippen molar-refractivity contribution in [3.63, 3.8) is 0 Å². The van der Waals surface area contributed by atoms with Crippen LogP contribution in [0, 0.1) is 20.8 Å². The van der Waals surface area contributed by atoms with E-state index in [1.54, 1.807) is 0 Å². The van der Waals surface area contributed by atoms with E-state index in [0.29, 0.717) is 24.5 Å². The number of imidazole rings is 1. The number of aryl methyl sites for hydroxylation is 1. The van der Waals surface area contributed by atoms with Gasteiger partial charge >= 0.3 is 0 Å². The molecule has 3 aromatic carbocycles. The maximum atomic E-state index is 11.8. The standard InChI is InChI=1S/C33H35N3O6S/c1-18-19(2)30-24(20(3)29(18)37)12-13-33(4,42-30)17-41-23-10-11-25-26(15-23)36(5)28(34-25)16-40-22-8-6-21(7-9-22)14-27-31(38)35-32(39)43-27/h6-11,15,27,37H,12-14,16-17H2,1-5H3,(H,35,38,39). The summed E-state index contributed by atoms with van der Waals surface area (Å²) in [7, 11) is 1.96. The topological polar surface area (TPSA) is 112 Å². The Bertz CT molecular complexity index is 1750. The molecule has 0 aliphatic carbocycles. The van der Waals surface area contributed by atoms with E-state index in [4.69, 9.17) is 19.2 Å². The highest BCUT2D eigenvalue weighted by molar-refractivity contribution is 8.15. The Morgan fingerprint density at radius 1 is 1.07 bits per heavy atom. The summed E-state index contributed by atoms with van der Waals surface area (Å²) < 4.78 is 20.8. The van der Waals surface area contributed by atoms with Gasteiger partial charge < -0.3 is 23.9 Å². The number of amides is 2. The first-order valence-corrected chi connectivity index (χ1v) is 15.2. The van der Waals surface area contributed by atoms with Crippen LogP contribution in [0.25, 0.3) is 11.0 Å². The van der Waals surface area contributed by atoms with Crippen molar-refractivity contribution >= 4 is 33.9 Å². The molecule has 0 spiro atoms. The van der Waals surface area contributed by atoms with Crippen LogP contribution in [-0.4, -0.2) is 43.3 Å². The molecule has 2 amide bonds. The number of nitrogens with one attached hydrogen (secondary N) is 1. The van der Waals surface area contributed by atoms with Crippen molar-refractivity contribution in [1.29, 1.82) is 0 Å². The van der Waals surface area contributed by atoms with Gasteiger partial charge in [-0.3, -0.25) is 14.9 Å². The van der Waals surface area contributed by atoms with Gasteiger partial charge in [-0.1, -0.05) is 23.9 Å². The number of aromatic hydroxyl groups is 1. The quantitative estimate of drug-likeness (QED) is 0.259. The van der Waals surface area contributed by atoms with E-state index in [0.717, 1.165) is 80.8 Å². The number of carbonyl (C=O) groups is 2. The van der Waals surface area contributed by atoms with Gasteiger partial charge in [0.1, 0.15) is 47.6 Å². The lowest BCUT2D eigenvalue weighted by Crippen LogP contribution is -2.42. The van der Waals surface area contributed by atoms with Crippen LogP contribution in [0.5, 0.6) is 23.0 Å². The first-order valence-electron chi connectivity index (χ1n) is 14.3. The van der Waals surface area contributed by atoms with E-state index in [2.05, 4.69) is 12.2 Å². The number of hydrogen-bond acceptors (Lipinski definition) is 8. The monoisotopic (exact) mass is 601 g/mol. The summed E-state index contributed by atoms with van der Waals surface area (Å²) in [4.78, 5) is 28.0. The van der Waals surface area contributed by atoms with E-state index < -0.39 is 10.9 Å². The Morgan fingerprint density at radius 2 is 1.81 bits per heavy atom. The second-order valence-corrected chi connectivity index (χ2v) is 12.8. The van der Waals surface area contributed by atoms with Crippen molar-refractivity contribution in [3.8, 4) is 23.0 Å². The van der Waals surface area contributed by atoms with E-state index in [1.807, 2.05) is 74.9 Å². The summed E-state index contributed by atoms with van der Waals surface area (Å²) in [6.45, 7) is 8.62. The number of phenolic OH excluding ortho intramolecular Hbond substituents is 1. The maximum Gasteiger partial charge on any atom is 0.286 e. The number of carbonyl (C=O) groups excluding carboxylic acids is 2. The molecule has 1 saturated heterocycles. The zero-order valence-electron chi connectivity index (χ0n) is 24.9. The summed E-state index contributed by atoms with van der Waals surface area (Å²) in [6, 6.07) is 13.4. The third-order valence-electron chi connectivity index (χ3n) is 8.56. The molecule has 2 unspecified atom stereocenters. The minimum absolute atomic E-state index is 0.241. The number of ether oxygens (including phenoxy) is 3. The number of nitrogens with zero attached hydrogens (tertiary/aromatic N) is 2. The predicted molar refractivity (Wildman–Crippen MR) is 165 cm³/mol. The number of phenols is 1. The highest BCUT2D eigenvalue weighted by atomic mass is 32.2. The average molecular weight is 602 g/mol. The van der Waals surface area contributed by atoms with Crippen LogP contribution in [0.3, 0.4) is 0 Å². The molecule has 1 aromatic heterocycles. The fourth-order valence-corrected chi connectivity index (χ4v) is 6.54. The van der Waals surface area contributed by atoms with Gasteiger partial charge in [0.05, 0.1) is 16.3 Å². The molecular weight excluding hydrogens is 566 g/mol. The first kappa shape index (κ1) is 28.9. The van der Waals surface area contributed by atoms with Crippen LogP contribution in [0.2, 0.25) is 0 Å². The summed E-state index contributed by atoms with van der Waals surface area (Å²) in [6.07, 6.45) is 2.09. The van der Waals surface area contributed by atoms with Crippen molar-refractivity contribution in [2.24, 2.45) is 7.05 Å². The minimum atomic E-state index is -0.497. The Morgan fingerprint density at radius 3 is 2.53 bits per heavy atom. The van der Waals surface area contributed by atoms with Gasteiger partial charge in [-0.05, 0) is 93.5 Å². The molecule has 0 bridgehead atoms. The molecule has 3 heterocycles. The van der Waals surface area contributed by atoms with Crippen molar-refractivity contribution < 1.29 is 28.9 Å². The second-order valence-electron chi connectivity index (χ2n) is 11.6. The number of rotatable bonds is 8. The Balaban J connectivity index is 1.09. The van der Waals surface area contributed by atoms with Gasteiger partial charge in [0.2, 0.25) is 5.91 Å². The van der Waals surface area contributed by atoms with Crippen molar-refractivity contribution in [3.05, 3.63) is 76.1 Å². The van der Waals surface area contributed by atoms with Crippen LogP contribution in [0.1, 0.15) is 47.0 Å². The third-order valence-corrected chi connectivity index (χ3v) is 9.54. The molecular formula is C33H35N3O6S. The minimum Gasteiger partial charge on any atom is -0.507 e. The number of hydrogen-bond donors (Lipinski definition) is 2. The maximum absolute atomic E-state index is 11.8. The average Bonchev–Trinajstić information content (AvgIpc) is 3.49. The molecule has 10 heteroatoms. The lowest BCUT2D eigenvalue weighted by atomic mass is 9.87.